The number of fused-ring (bicyclic) bond motifs is 1. The van der Waals surface area contributed by atoms with Crippen molar-refractivity contribution in [3.8, 4) is 5.75 Å². The van der Waals surface area contributed by atoms with Gasteiger partial charge in [-0.05, 0) is 54.7 Å². The third kappa shape index (κ3) is 5.02. The van der Waals surface area contributed by atoms with Gasteiger partial charge in [0.25, 0.3) is 5.56 Å². The fourth-order valence-corrected chi connectivity index (χ4v) is 3.60. The van der Waals surface area contributed by atoms with E-state index in [9.17, 15) is 23.9 Å². The number of hydrogen-bond acceptors (Lipinski definition) is 6. The van der Waals surface area contributed by atoms with Crippen LogP contribution in [0.2, 0.25) is 0 Å². The number of aryl methyl sites for hydroxylation is 2. The van der Waals surface area contributed by atoms with Gasteiger partial charge >= 0.3 is 5.97 Å². The summed E-state index contributed by atoms with van der Waals surface area (Å²) in [6.07, 6.45) is 2.54. The van der Waals surface area contributed by atoms with Crippen LogP contribution in [0.3, 0.4) is 0 Å². The zero-order valence-electron chi connectivity index (χ0n) is 19.0. The van der Waals surface area contributed by atoms with E-state index in [1.807, 2.05) is 0 Å². The number of pyridine rings is 2. The van der Waals surface area contributed by atoms with Crippen molar-refractivity contribution in [2.24, 2.45) is 7.05 Å². The molecule has 9 heteroatoms. The molecule has 0 unspecified atom stereocenters. The summed E-state index contributed by atoms with van der Waals surface area (Å²) in [6.45, 7) is 1.66. The molecule has 1 N–H and O–H groups in total. The van der Waals surface area contributed by atoms with Crippen LogP contribution in [0, 0.1) is 5.82 Å². The summed E-state index contributed by atoms with van der Waals surface area (Å²) < 4.78 is 20.0. The lowest BCUT2D eigenvalue weighted by atomic mass is 9.97. The zero-order valence-corrected chi connectivity index (χ0v) is 19.0. The molecule has 2 heterocycles. The fourth-order valence-electron chi connectivity index (χ4n) is 3.60. The zero-order chi connectivity index (χ0) is 24.3. The first-order valence-corrected chi connectivity index (χ1v) is 10.5. The molecule has 0 aliphatic rings. The van der Waals surface area contributed by atoms with Crippen molar-refractivity contribution in [2.45, 2.75) is 26.2 Å². The summed E-state index contributed by atoms with van der Waals surface area (Å²) in [4.78, 5) is 42.5. The highest BCUT2D eigenvalue weighted by Crippen LogP contribution is 2.26. The highest BCUT2D eigenvalue weighted by molar-refractivity contribution is 5.98. The van der Waals surface area contributed by atoms with Crippen LogP contribution in [0.5, 0.6) is 5.75 Å². The number of rotatable bonds is 7. The van der Waals surface area contributed by atoms with Gasteiger partial charge in [0.15, 0.2) is 11.3 Å². The number of carbonyl (C=O) groups is 2. The molecule has 0 spiro atoms. The van der Waals surface area contributed by atoms with E-state index in [0.717, 1.165) is 5.56 Å². The predicted molar refractivity (Wildman–Crippen MR) is 121 cm³/mol. The first-order valence-electron chi connectivity index (χ1n) is 10.5. The number of aromatic nitrogens is 2. The predicted octanol–water partition coefficient (Wildman–Crippen LogP) is 2.57. The van der Waals surface area contributed by atoms with E-state index >= 15 is 0 Å². The van der Waals surface area contributed by atoms with Crippen LogP contribution in [0.15, 0.2) is 35.3 Å². The SMILES string of the molecule is CCOC(=O)c1c(O)c2ncc(Cc3ccc(F)cc3CCC(=O)N(C)C)cc2n(C)c1=O. The molecule has 1 aromatic carbocycles. The van der Waals surface area contributed by atoms with E-state index < -0.39 is 22.8 Å². The lowest BCUT2D eigenvalue weighted by Gasteiger charge is -2.14. The number of carbonyl (C=O) groups excluding carboxylic acids is 2. The van der Waals surface area contributed by atoms with Crippen molar-refractivity contribution in [2.75, 3.05) is 20.7 Å². The van der Waals surface area contributed by atoms with Crippen molar-refractivity contribution >= 4 is 22.9 Å². The van der Waals surface area contributed by atoms with E-state index in [-0.39, 0.29) is 30.3 Å². The van der Waals surface area contributed by atoms with Crippen molar-refractivity contribution in [3.05, 3.63) is 68.9 Å². The summed E-state index contributed by atoms with van der Waals surface area (Å²) in [5, 5.41) is 10.5. The van der Waals surface area contributed by atoms with Gasteiger partial charge in [-0.1, -0.05) is 6.07 Å². The molecule has 0 aliphatic carbocycles. The Kier molecular flexibility index (Phi) is 7.10. The smallest absolute Gasteiger partial charge is 0.347 e. The second-order valence-electron chi connectivity index (χ2n) is 7.90. The molecular formula is C24H26FN3O5. The molecule has 3 aromatic rings. The lowest BCUT2D eigenvalue weighted by molar-refractivity contribution is -0.128. The van der Waals surface area contributed by atoms with Gasteiger partial charge in [-0.15, -0.1) is 0 Å². The Hall–Kier alpha value is -3.75. The Morgan fingerprint density at radius 2 is 1.94 bits per heavy atom. The molecule has 0 saturated carbocycles. The van der Waals surface area contributed by atoms with E-state index in [1.54, 1.807) is 33.2 Å². The standard InChI is InChI=1S/C24H26FN3O5/c1-5-33-24(32)20-22(30)21-18(28(4)23(20)31)11-14(13-26-21)10-15-6-8-17(25)12-16(15)7-9-19(29)27(2)3/h6,8,11-13,30H,5,7,9-10H2,1-4H3. The minimum absolute atomic E-state index is 0.0551. The molecule has 0 bridgehead atoms. The molecule has 0 aliphatic heterocycles. The van der Waals surface area contributed by atoms with Crippen LogP contribution in [0.25, 0.3) is 11.0 Å². The van der Waals surface area contributed by atoms with Gasteiger partial charge in [0.05, 0.1) is 12.1 Å². The van der Waals surface area contributed by atoms with Gasteiger partial charge in [0.2, 0.25) is 5.91 Å². The molecule has 0 saturated heterocycles. The third-order valence-electron chi connectivity index (χ3n) is 5.41. The van der Waals surface area contributed by atoms with Crippen LogP contribution < -0.4 is 5.56 Å². The van der Waals surface area contributed by atoms with E-state index in [0.29, 0.717) is 29.5 Å². The van der Waals surface area contributed by atoms with Crippen molar-refractivity contribution < 1.29 is 23.8 Å². The molecule has 0 radical (unpaired) electrons. The Bertz CT molecular complexity index is 1280. The maximum absolute atomic E-state index is 13.9. The maximum atomic E-state index is 13.9. The Morgan fingerprint density at radius 3 is 2.61 bits per heavy atom. The number of halogens is 1. The summed E-state index contributed by atoms with van der Waals surface area (Å²) in [6, 6.07) is 6.13. The van der Waals surface area contributed by atoms with Gasteiger partial charge in [0, 0.05) is 33.8 Å². The first-order chi connectivity index (χ1) is 15.6. The summed E-state index contributed by atoms with van der Waals surface area (Å²) in [7, 11) is 4.82. The third-order valence-corrected chi connectivity index (χ3v) is 5.41. The monoisotopic (exact) mass is 455 g/mol. The normalized spacial score (nSPS) is 10.9. The highest BCUT2D eigenvalue weighted by atomic mass is 19.1. The fraction of sp³-hybridized carbons (Fsp3) is 0.333. The van der Waals surface area contributed by atoms with Crippen LogP contribution >= 0.6 is 0 Å². The number of ether oxygens (including phenoxy) is 1. The largest absolute Gasteiger partial charge is 0.505 e. The van der Waals surface area contributed by atoms with E-state index in [2.05, 4.69) is 4.98 Å². The number of benzene rings is 1. The Labute approximate surface area is 190 Å². The minimum atomic E-state index is -0.911. The molecular weight excluding hydrogens is 429 g/mol. The van der Waals surface area contributed by atoms with Crippen molar-refractivity contribution in [1.82, 2.24) is 14.5 Å². The van der Waals surface area contributed by atoms with Crippen LogP contribution in [0.4, 0.5) is 4.39 Å². The average Bonchev–Trinajstić information content (AvgIpc) is 2.77. The highest BCUT2D eigenvalue weighted by Gasteiger charge is 2.23. The van der Waals surface area contributed by atoms with Crippen molar-refractivity contribution in [1.29, 1.82) is 0 Å². The summed E-state index contributed by atoms with van der Waals surface area (Å²) in [5.74, 6) is -1.88. The minimum Gasteiger partial charge on any atom is -0.505 e. The Morgan fingerprint density at radius 1 is 1.21 bits per heavy atom. The van der Waals surface area contributed by atoms with Gasteiger partial charge < -0.3 is 19.3 Å². The van der Waals surface area contributed by atoms with Gasteiger partial charge in [-0.3, -0.25) is 14.6 Å². The molecule has 33 heavy (non-hydrogen) atoms. The topological polar surface area (TPSA) is 102 Å². The number of esters is 1. The van der Waals surface area contributed by atoms with Gasteiger partial charge in [-0.25, -0.2) is 9.18 Å². The molecule has 2 aromatic heterocycles. The number of amides is 1. The second-order valence-corrected chi connectivity index (χ2v) is 7.90. The molecule has 3 rings (SSSR count). The summed E-state index contributed by atoms with van der Waals surface area (Å²) in [5.41, 5.74) is 1.53. The molecule has 8 nitrogen and oxygen atoms in total. The quantitative estimate of drug-likeness (QED) is 0.550. The van der Waals surface area contributed by atoms with Gasteiger partial charge in [-0.2, -0.15) is 0 Å². The number of nitrogens with zero attached hydrogens (tertiary/aromatic N) is 3. The van der Waals surface area contributed by atoms with Crippen LogP contribution in [0.1, 0.15) is 40.4 Å². The molecule has 0 fully saturated rings. The maximum Gasteiger partial charge on any atom is 0.347 e. The molecule has 1 amide bonds. The van der Waals surface area contributed by atoms with E-state index in [1.165, 1.54) is 34.8 Å². The van der Waals surface area contributed by atoms with Gasteiger partial charge in [0.1, 0.15) is 11.3 Å². The van der Waals surface area contributed by atoms with Crippen LogP contribution in [-0.2, 0) is 29.4 Å². The first kappa shape index (κ1) is 23.9. The second kappa shape index (κ2) is 9.81. The Balaban J connectivity index is 1.99. The lowest BCUT2D eigenvalue weighted by Crippen LogP contribution is -2.26. The average molecular weight is 455 g/mol. The van der Waals surface area contributed by atoms with E-state index in [4.69, 9.17) is 4.74 Å². The summed E-state index contributed by atoms with van der Waals surface area (Å²) >= 11 is 0. The van der Waals surface area contributed by atoms with Crippen LogP contribution in [-0.4, -0.2) is 52.1 Å². The number of aromatic hydroxyl groups is 1. The van der Waals surface area contributed by atoms with Crippen molar-refractivity contribution in [3.63, 3.8) is 0 Å². The molecule has 0 atom stereocenters. The number of hydrogen-bond donors (Lipinski definition) is 1. The molecule has 174 valence electrons.